The van der Waals surface area contributed by atoms with Crippen LogP contribution < -0.4 is 20.1 Å². The molecule has 2 aromatic carbocycles. The molecule has 27 heavy (non-hydrogen) atoms. The first-order valence-electron chi connectivity index (χ1n) is 8.55. The summed E-state index contributed by atoms with van der Waals surface area (Å²) in [6.07, 6.45) is 3.08. The van der Waals surface area contributed by atoms with Gasteiger partial charge < -0.3 is 20.1 Å². The largest absolute Gasteiger partial charge is 0.497 e. The van der Waals surface area contributed by atoms with Crippen molar-refractivity contribution in [1.29, 1.82) is 0 Å². The van der Waals surface area contributed by atoms with Crippen molar-refractivity contribution in [2.24, 2.45) is 0 Å². The van der Waals surface area contributed by atoms with Crippen LogP contribution in [0.25, 0.3) is 6.08 Å². The van der Waals surface area contributed by atoms with Gasteiger partial charge in [0, 0.05) is 12.6 Å². The molecule has 0 radical (unpaired) electrons. The predicted octanol–water partition coefficient (Wildman–Crippen LogP) is 2.54. The zero-order valence-electron chi connectivity index (χ0n) is 15.7. The Morgan fingerprint density at radius 1 is 0.963 bits per heavy atom. The third-order valence-corrected chi connectivity index (χ3v) is 3.92. The fourth-order valence-corrected chi connectivity index (χ4v) is 2.30. The van der Waals surface area contributed by atoms with Gasteiger partial charge in [0.05, 0.1) is 14.2 Å². The smallest absolute Gasteiger partial charge is 0.244 e. The van der Waals surface area contributed by atoms with Crippen LogP contribution in [0.3, 0.4) is 0 Å². The molecule has 0 aliphatic carbocycles. The minimum Gasteiger partial charge on any atom is -0.497 e. The number of methoxy groups -OCH3 is 2. The normalized spacial score (nSPS) is 11.7. The minimum atomic E-state index is -0.642. The highest BCUT2D eigenvalue weighted by molar-refractivity contribution is 5.95. The van der Waals surface area contributed by atoms with E-state index in [0.29, 0.717) is 6.54 Å². The van der Waals surface area contributed by atoms with Gasteiger partial charge in [-0.15, -0.1) is 0 Å². The molecule has 2 N–H and O–H groups in total. The van der Waals surface area contributed by atoms with Crippen LogP contribution in [0.5, 0.6) is 11.5 Å². The van der Waals surface area contributed by atoms with E-state index in [4.69, 9.17) is 9.47 Å². The van der Waals surface area contributed by atoms with E-state index in [1.54, 1.807) is 27.2 Å². The lowest BCUT2D eigenvalue weighted by Gasteiger charge is -2.13. The fraction of sp³-hybridized carbons (Fsp3) is 0.238. The molecule has 0 spiro atoms. The van der Waals surface area contributed by atoms with Crippen molar-refractivity contribution in [3.05, 3.63) is 65.7 Å². The minimum absolute atomic E-state index is 0.253. The van der Waals surface area contributed by atoms with Crippen molar-refractivity contribution < 1.29 is 19.1 Å². The molecule has 2 amide bonds. The predicted molar refractivity (Wildman–Crippen MR) is 104 cm³/mol. The summed E-state index contributed by atoms with van der Waals surface area (Å²) >= 11 is 0. The van der Waals surface area contributed by atoms with E-state index in [1.807, 2.05) is 48.5 Å². The van der Waals surface area contributed by atoms with Crippen molar-refractivity contribution >= 4 is 17.9 Å². The lowest BCUT2D eigenvalue weighted by molar-refractivity contribution is -0.126. The molecule has 0 fully saturated rings. The van der Waals surface area contributed by atoms with Gasteiger partial charge in [0.2, 0.25) is 11.8 Å². The highest BCUT2D eigenvalue weighted by Crippen LogP contribution is 2.12. The van der Waals surface area contributed by atoms with Gasteiger partial charge in [0.1, 0.15) is 17.5 Å². The van der Waals surface area contributed by atoms with Gasteiger partial charge in [0.25, 0.3) is 0 Å². The molecular weight excluding hydrogens is 344 g/mol. The third kappa shape index (κ3) is 6.51. The van der Waals surface area contributed by atoms with Crippen LogP contribution in [-0.2, 0) is 16.1 Å². The molecule has 0 heterocycles. The van der Waals surface area contributed by atoms with Crippen molar-refractivity contribution in [1.82, 2.24) is 10.6 Å². The second-order valence-electron chi connectivity index (χ2n) is 5.90. The quantitative estimate of drug-likeness (QED) is 0.702. The lowest BCUT2D eigenvalue weighted by Crippen LogP contribution is -2.44. The summed E-state index contributed by atoms with van der Waals surface area (Å²) in [5.74, 6) is 0.919. The lowest BCUT2D eigenvalue weighted by atomic mass is 10.2. The number of nitrogens with one attached hydrogen (secondary N) is 2. The third-order valence-electron chi connectivity index (χ3n) is 3.92. The van der Waals surface area contributed by atoms with Crippen molar-refractivity contribution in [2.45, 2.75) is 19.5 Å². The summed E-state index contributed by atoms with van der Waals surface area (Å²) in [7, 11) is 3.20. The Balaban J connectivity index is 1.79. The number of carbonyl (C=O) groups is 2. The van der Waals surface area contributed by atoms with Crippen LogP contribution in [0.15, 0.2) is 54.6 Å². The average Bonchev–Trinajstić information content (AvgIpc) is 2.71. The Morgan fingerprint density at radius 3 is 2.07 bits per heavy atom. The van der Waals surface area contributed by atoms with E-state index in [-0.39, 0.29) is 11.8 Å². The highest BCUT2D eigenvalue weighted by Gasteiger charge is 2.13. The van der Waals surface area contributed by atoms with Gasteiger partial charge in [-0.2, -0.15) is 0 Å². The summed E-state index contributed by atoms with van der Waals surface area (Å²) in [5.41, 5.74) is 1.81. The van der Waals surface area contributed by atoms with Gasteiger partial charge in [0.15, 0.2) is 0 Å². The zero-order chi connectivity index (χ0) is 19.6. The standard InChI is InChI=1S/C21H24N2O4/c1-15(21(25)22-14-17-6-11-19(27-3)12-7-17)23-20(24)13-8-16-4-9-18(26-2)10-5-16/h4-13,15H,14H2,1-3H3,(H,22,25)(H,23,24). The van der Waals surface area contributed by atoms with Gasteiger partial charge in [-0.05, 0) is 48.4 Å². The second-order valence-corrected chi connectivity index (χ2v) is 5.90. The van der Waals surface area contributed by atoms with Crippen LogP contribution in [0.2, 0.25) is 0 Å². The SMILES string of the molecule is COc1ccc(C=CC(=O)NC(C)C(=O)NCc2ccc(OC)cc2)cc1. The molecule has 142 valence electrons. The Bertz CT molecular complexity index is 783. The molecule has 1 unspecified atom stereocenters. The van der Waals surface area contributed by atoms with Gasteiger partial charge in [-0.3, -0.25) is 9.59 Å². The molecule has 1 atom stereocenters. The van der Waals surface area contributed by atoms with Crippen LogP contribution >= 0.6 is 0 Å². The van der Waals surface area contributed by atoms with Gasteiger partial charge in [-0.25, -0.2) is 0 Å². The van der Waals surface area contributed by atoms with Gasteiger partial charge >= 0.3 is 0 Å². The summed E-state index contributed by atoms with van der Waals surface area (Å²) in [4.78, 5) is 24.1. The topological polar surface area (TPSA) is 76.7 Å². The molecule has 0 aromatic heterocycles. The number of benzene rings is 2. The summed E-state index contributed by atoms with van der Waals surface area (Å²) in [6, 6.07) is 14.1. The van der Waals surface area contributed by atoms with E-state index in [0.717, 1.165) is 22.6 Å². The fourth-order valence-electron chi connectivity index (χ4n) is 2.30. The average molecular weight is 368 g/mol. The molecule has 2 aromatic rings. The Kier molecular flexibility index (Phi) is 7.43. The summed E-state index contributed by atoms with van der Waals surface area (Å²) in [5, 5.41) is 5.44. The number of hydrogen-bond acceptors (Lipinski definition) is 4. The molecule has 2 rings (SSSR count). The number of ether oxygens (including phenoxy) is 2. The summed E-state index contributed by atoms with van der Waals surface area (Å²) in [6.45, 7) is 2.02. The van der Waals surface area contributed by atoms with Crippen molar-refractivity contribution in [3.8, 4) is 11.5 Å². The molecule has 0 saturated carbocycles. The number of hydrogen-bond donors (Lipinski definition) is 2. The second kappa shape index (κ2) is 10.0. The zero-order valence-corrected chi connectivity index (χ0v) is 15.7. The molecule has 6 nitrogen and oxygen atoms in total. The van der Waals surface area contributed by atoms with Crippen LogP contribution in [0.4, 0.5) is 0 Å². The summed E-state index contributed by atoms with van der Waals surface area (Å²) < 4.78 is 10.2. The first-order valence-corrected chi connectivity index (χ1v) is 8.55. The molecule has 0 aliphatic rings. The molecule has 6 heteroatoms. The Hall–Kier alpha value is -3.28. The van der Waals surface area contributed by atoms with E-state index in [2.05, 4.69) is 10.6 Å². The van der Waals surface area contributed by atoms with E-state index < -0.39 is 6.04 Å². The maximum atomic E-state index is 12.1. The molecule has 0 bridgehead atoms. The van der Waals surface area contributed by atoms with Crippen molar-refractivity contribution in [2.75, 3.05) is 14.2 Å². The van der Waals surface area contributed by atoms with E-state index in [9.17, 15) is 9.59 Å². The van der Waals surface area contributed by atoms with Gasteiger partial charge in [-0.1, -0.05) is 24.3 Å². The van der Waals surface area contributed by atoms with Crippen molar-refractivity contribution in [3.63, 3.8) is 0 Å². The van der Waals surface area contributed by atoms with E-state index >= 15 is 0 Å². The molecule has 0 aliphatic heterocycles. The highest BCUT2D eigenvalue weighted by atomic mass is 16.5. The number of rotatable bonds is 8. The maximum absolute atomic E-state index is 12.1. The molecule has 0 saturated heterocycles. The van der Waals surface area contributed by atoms with Crippen LogP contribution in [0.1, 0.15) is 18.1 Å². The monoisotopic (exact) mass is 368 g/mol. The van der Waals surface area contributed by atoms with Crippen LogP contribution in [-0.4, -0.2) is 32.1 Å². The first-order chi connectivity index (χ1) is 13.0. The Labute approximate surface area is 159 Å². The van der Waals surface area contributed by atoms with E-state index in [1.165, 1.54) is 6.08 Å². The molecular formula is C21H24N2O4. The number of carbonyl (C=O) groups excluding carboxylic acids is 2. The maximum Gasteiger partial charge on any atom is 0.244 e. The van der Waals surface area contributed by atoms with Crippen LogP contribution in [0, 0.1) is 0 Å². The Morgan fingerprint density at radius 2 is 1.52 bits per heavy atom. The number of amides is 2. The first kappa shape index (κ1) is 20.0.